The van der Waals surface area contributed by atoms with Gasteiger partial charge in [0.15, 0.2) is 0 Å². The van der Waals surface area contributed by atoms with Crippen molar-refractivity contribution in [2.75, 3.05) is 26.7 Å². The lowest BCUT2D eigenvalue weighted by molar-refractivity contribution is 0.246. The van der Waals surface area contributed by atoms with E-state index in [1.165, 1.54) is 12.1 Å². The van der Waals surface area contributed by atoms with Crippen LogP contribution in [0.1, 0.15) is 24.4 Å². The number of hydrogen-bond donors (Lipinski definition) is 1. The van der Waals surface area contributed by atoms with Gasteiger partial charge in [-0.3, -0.25) is 4.90 Å². The molecule has 8 heteroatoms. The molecule has 0 spiro atoms. The zero-order valence-corrected chi connectivity index (χ0v) is 17.3. The summed E-state index contributed by atoms with van der Waals surface area (Å²) in [4.78, 5) is 2.21. The molecule has 1 fully saturated rings. The molecule has 0 bridgehead atoms. The first-order valence-electron chi connectivity index (χ1n) is 8.74. The molecule has 1 atom stereocenters. The van der Waals surface area contributed by atoms with Gasteiger partial charge in [-0.05, 0) is 55.8 Å². The molecule has 2 aromatic carbocycles. The normalized spacial score (nSPS) is 16.4. The molecule has 0 saturated carbocycles. The maximum atomic E-state index is 12.8. The van der Waals surface area contributed by atoms with E-state index < -0.39 is 10.0 Å². The van der Waals surface area contributed by atoms with Crippen LogP contribution in [-0.2, 0) is 10.0 Å². The quantitative estimate of drug-likeness (QED) is 0.720. The first-order chi connectivity index (χ1) is 12.9. The molecule has 3 rings (SSSR count). The highest BCUT2D eigenvalue weighted by Crippen LogP contribution is 2.30. The van der Waals surface area contributed by atoms with Gasteiger partial charge in [0, 0.05) is 12.6 Å². The Kier molecular flexibility index (Phi) is 6.65. The number of nitrogens with zero attached hydrogens (tertiary/aromatic N) is 1. The highest BCUT2D eigenvalue weighted by molar-refractivity contribution is 7.89. The van der Waals surface area contributed by atoms with Crippen LogP contribution in [0.15, 0.2) is 47.4 Å². The van der Waals surface area contributed by atoms with Crippen molar-refractivity contribution in [3.63, 3.8) is 0 Å². The summed E-state index contributed by atoms with van der Waals surface area (Å²) in [5.74, 6) is 0.766. The first kappa shape index (κ1) is 20.4. The van der Waals surface area contributed by atoms with E-state index in [1.54, 1.807) is 13.2 Å². The molecule has 1 aliphatic rings. The average molecular weight is 429 g/mol. The van der Waals surface area contributed by atoms with Gasteiger partial charge in [0.1, 0.15) is 10.6 Å². The summed E-state index contributed by atoms with van der Waals surface area (Å²) >= 11 is 12.2. The van der Waals surface area contributed by atoms with Gasteiger partial charge in [0.05, 0.1) is 17.2 Å². The summed E-state index contributed by atoms with van der Waals surface area (Å²) in [5, 5.41) is 0.217. The number of sulfonamides is 1. The Balaban J connectivity index is 1.83. The second-order valence-electron chi connectivity index (χ2n) is 6.43. The number of likely N-dealkylation sites (tertiary alicyclic amines) is 1. The maximum absolute atomic E-state index is 12.8. The van der Waals surface area contributed by atoms with Crippen LogP contribution in [0.2, 0.25) is 10.0 Å². The lowest BCUT2D eigenvalue weighted by Crippen LogP contribution is -2.37. The van der Waals surface area contributed by atoms with Gasteiger partial charge in [-0.2, -0.15) is 0 Å². The van der Waals surface area contributed by atoms with Crippen LogP contribution in [0, 0.1) is 0 Å². The monoisotopic (exact) mass is 428 g/mol. The molecule has 1 unspecified atom stereocenters. The molecule has 0 radical (unpaired) electrons. The summed E-state index contributed by atoms with van der Waals surface area (Å²) in [7, 11) is -2.21. The first-order valence-corrected chi connectivity index (χ1v) is 11.0. The van der Waals surface area contributed by atoms with Crippen molar-refractivity contribution in [3.8, 4) is 5.75 Å². The van der Waals surface area contributed by atoms with Gasteiger partial charge < -0.3 is 4.74 Å². The number of rotatable bonds is 7. The predicted octanol–water partition coefficient (Wildman–Crippen LogP) is 4.12. The smallest absolute Gasteiger partial charge is 0.243 e. The highest BCUT2D eigenvalue weighted by Gasteiger charge is 2.27. The number of halogens is 2. The molecular formula is C19H22Cl2N2O3S. The second kappa shape index (κ2) is 8.80. The molecular weight excluding hydrogens is 407 g/mol. The van der Waals surface area contributed by atoms with Gasteiger partial charge >= 0.3 is 0 Å². The van der Waals surface area contributed by atoms with E-state index in [0.29, 0.717) is 0 Å². The maximum Gasteiger partial charge on any atom is 0.243 e. The van der Waals surface area contributed by atoms with Crippen molar-refractivity contribution < 1.29 is 13.2 Å². The van der Waals surface area contributed by atoms with E-state index in [2.05, 4.69) is 9.62 Å². The van der Waals surface area contributed by atoms with Crippen LogP contribution in [0.3, 0.4) is 0 Å². The van der Waals surface area contributed by atoms with Crippen molar-refractivity contribution in [3.05, 3.63) is 58.1 Å². The van der Waals surface area contributed by atoms with Crippen molar-refractivity contribution >= 4 is 33.2 Å². The summed E-state index contributed by atoms with van der Waals surface area (Å²) in [5.41, 5.74) is 1.03. The van der Waals surface area contributed by atoms with Crippen LogP contribution in [0.25, 0.3) is 0 Å². The summed E-state index contributed by atoms with van der Waals surface area (Å²) in [6.07, 6.45) is 2.21. The predicted molar refractivity (Wildman–Crippen MR) is 108 cm³/mol. The summed E-state index contributed by atoms with van der Waals surface area (Å²) in [6.45, 7) is 2.10. The van der Waals surface area contributed by atoms with E-state index in [1.807, 2.05) is 24.3 Å². The zero-order chi connectivity index (χ0) is 19.4. The fourth-order valence-corrected chi connectivity index (χ4v) is 5.52. The van der Waals surface area contributed by atoms with Crippen LogP contribution >= 0.6 is 23.2 Å². The lowest BCUT2D eigenvalue weighted by atomic mass is 10.1. The van der Waals surface area contributed by atoms with E-state index in [4.69, 9.17) is 27.9 Å². The molecule has 1 saturated heterocycles. The lowest BCUT2D eigenvalue weighted by Gasteiger charge is -2.28. The van der Waals surface area contributed by atoms with Crippen LogP contribution in [0.5, 0.6) is 5.75 Å². The number of ether oxygens (including phenoxy) is 1. The minimum Gasteiger partial charge on any atom is -0.497 e. The van der Waals surface area contributed by atoms with E-state index in [9.17, 15) is 8.42 Å². The van der Waals surface area contributed by atoms with Crippen molar-refractivity contribution in [1.82, 2.24) is 9.62 Å². The van der Waals surface area contributed by atoms with Gasteiger partial charge in [-0.15, -0.1) is 0 Å². The zero-order valence-electron chi connectivity index (χ0n) is 15.0. The van der Waals surface area contributed by atoms with Crippen LogP contribution in [0.4, 0.5) is 0 Å². The molecule has 146 valence electrons. The number of nitrogens with one attached hydrogen (secondary N) is 1. The topological polar surface area (TPSA) is 58.6 Å². The molecule has 5 nitrogen and oxygen atoms in total. The molecule has 2 aromatic rings. The third-order valence-corrected chi connectivity index (χ3v) is 7.11. The minimum absolute atomic E-state index is 0.0746. The number of benzene rings is 2. The fraction of sp³-hybridized carbons (Fsp3) is 0.368. The SMILES string of the molecule is COc1ccc(C(CNS(=O)(=O)c2c(Cl)cccc2Cl)N2CCCC2)cc1. The van der Waals surface area contributed by atoms with Crippen molar-refractivity contribution in [1.29, 1.82) is 0 Å². The molecule has 0 aliphatic carbocycles. The van der Waals surface area contributed by atoms with Gasteiger partial charge in [0.2, 0.25) is 10.0 Å². The van der Waals surface area contributed by atoms with Gasteiger partial charge in [-0.25, -0.2) is 13.1 Å². The van der Waals surface area contributed by atoms with Crippen LogP contribution < -0.4 is 9.46 Å². The third kappa shape index (κ3) is 4.76. The third-order valence-electron chi connectivity index (χ3n) is 4.74. The molecule has 1 aliphatic heterocycles. The average Bonchev–Trinajstić information content (AvgIpc) is 3.16. The van der Waals surface area contributed by atoms with Gasteiger partial charge in [-0.1, -0.05) is 41.4 Å². The van der Waals surface area contributed by atoms with Crippen molar-refractivity contribution in [2.24, 2.45) is 0 Å². The Labute approximate surface area is 170 Å². The standard InChI is InChI=1S/C19H22Cl2N2O3S/c1-26-15-9-7-14(8-10-15)18(23-11-2-3-12-23)13-22-27(24,25)19-16(20)5-4-6-17(19)21/h4-10,18,22H,2-3,11-13H2,1H3. The number of methoxy groups -OCH3 is 1. The second-order valence-corrected chi connectivity index (χ2v) is 8.95. The molecule has 0 amide bonds. The molecule has 1 N–H and O–H groups in total. The summed E-state index contributed by atoms with van der Waals surface area (Å²) in [6, 6.07) is 12.3. The Morgan fingerprint density at radius 1 is 1.07 bits per heavy atom. The van der Waals surface area contributed by atoms with Crippen molar-refractivity contribution in [2.45, 2.75) is 23.8 Å². The largest absolute Gasteiger partial charge is 0.497 e. The Hall–Kier alpha value is -1.31. The minimum atomic E-state index is -3.83. The Bertz CT molecular complexity index is 862. The van der Waals surface area contributed by atoms with Crippen LogP contribution in [-0.4, -0.2) is 40.1 Å². The van der Waals surface area contributed by atoms with E-state index in [0.717, 1.165) is 37.2 Å². The Morgan fingerprint density at radius 3 is 2.22 bits per heavy atom. The molecule has 1 heterocycles. The summed E-state index contributed by atoms with van der Waals surface area (Å²) < 4.78 is 33.5. The molecule has 27 heavy (non-hydrogen) atoms. The Morgan fingerprint density at radius 2 is 1.67 bits per heavy atom. The molecule has 0 aromatic heterocycles. The fourth-order valence-electron chi connectivity index (χ4n) is 3.34. The van der Waals surface area contributed by atoms with Gasteiger partial charge in [0.25, 0.3) is 0 Å². The number of hydrogen-bond acceptors (Lipinski definition) is 4. The van der Waals surface area contributed by atoms with E-state index >= 15 is 0 Å². The van der Waals surface area contributed by atoms with E-state index in [-0.39, 0.29) is 27.5 Å². The highest BCUT2D eigenvalue weighted by atomic mass is 35.5.